The smallest absolute Gasteiger partial charge is 0.121 e. The van der Waals surface area contributed by atoms with Gasteiger partial charge in [-0.2, -0.15) is 0 Å². The van der Waals surface area contributed by atoms with E-state index in [1.807, 2.05) is 0 Å². The van der Waals surface area contributed by atoms with E-state index in [-0.39, 0.29) is 5.72 Å². The van der Waals surface area contributed by atoms with Gasteiger partial charge in [0.05, 0.1) is 6.61 Å². The summed E-state index contributed by atoms with van der Waals surface area (Å²) in [6.45, 7) is 3.01. The normalized spacial score (nSPS) is 27.2. The summed E-state index contributed by atoms with van der Waals surface area (Å²) < 4.78 is 6.02. The summed E-state index contributed by atoms with van der Waals surface area (Å²) in [7, 11) is 0. The third-order valence-corrected chi connectivity index (χ3v) is 4.05. The van der Waals surface area contributed by atoms with Gasteiger partial charge in [-0.3, -0.25) is 5.32 Å². The van der Waals surface area contributed by atoms with E-state index in [0.717, 1.165) is 45.4 Å². The average Bonchev–Trinajstić information content (AvgIpc) is 2.41. The topological polar surface area (TPSA) is 33.3 Å². The zero-order valence-corrected chi connectivity index (χ0v) is 10.8. The number of hydrogen-bond acceptors (Lipinski definition) is 3. The lowest BCUT2D eigenvalue weighted by molar-refractivity contribution is -0.126. The van der Waals surface area contributed by atoms with Crippen LogP contribution >= 0.6 is 0 Å². The van der Waals surface area contributed by atoms with Crippen molar-refractivity contribution < 1.29 is 4.74 Å². The Balaban J connectivity index is 1.63. The molecule has 18 heavy (non-hydrogen) atoms. The van der Waals surface area contributed by atoms with Gasteiger partial charge in [0.15, 0.2) is 0 Å². The van der Waals surface area contributed by atoms with Crippen LogP contribution in [0.15, 0.2) is 30.3 Å². The molecule has 2 saturated heterocycles. The Labute approximate surface area is 109 Å². The molecule has 2 aliphatic rings. The van der Waals surface area contributed by atoms with Crippen molar-refractivity contribution >= 4 is 0 Å². The van der Waals surface area contributed by atoms with Crippen molar-refractivity contribution in [1.29, 1.82) is 0 Å². The summed E-state index contributed by atoms with van der Waals surface area (Å²) >= 11 is 0. The highest BCUT2D eigenvalue weighted by molar-refractivity contribution is 5.16. The van der Waals surface area contributed by atoms with Crippen LogP contribution < -0.4 is 10.6 Å². The van der Waals surface area contributed by atoms with Gasteiger partial charge in [-0.15, -0.1) is 0 Å². The zero-order chi connectivity index (χ0) is 12.3. The zero-order valence-electron chi connectivity index (χ0n) is 10.8. The molecule has 1 aromatic carbocycles. The van der Waals surface area contributed by atoms with Gasteiger partial charge in [0.25, 0.3) is 0 Å². The summed E-state index contributed by atoms with van der Waals surface area (Å²) in [6.07, 6.45) is 4.39. The molecule has 1 aromatic rings. The quantitative estimate of drug-likeness (QED) is 0.833. The molecule has 2 heterocycles. The van der Waals surface area contributed by atoms with Crippen LogP contribution in [0.25, 0.3) is 0 Å². The Morgan fingerprint density at radius 2 is 1.94 bits per heavy atom. The third kappa shape index (κ3) is 2.74. The van der Waals surface area contributed by atoms with Gasteiger partial charge in [0, 0.05) is 18.9 Å². The van der Waals surface area contributed by atoms with Crippen LogP contribution in [0, 0.1) is 0 Å². The second-order valence-electron chi connectivity index (χ2n) is 5.41. The van der Waals surface area contributed by atoms with Gasteiger partial charge in [-0.25, -0.2) is 0 Å². The minimum absolute atomic E-state index is 0.0526. The fourth-order valence-corrected chi connectivity index (χ4v) is 3.05. The summed E-state index contributed by atoms with van der Waals surface area (Å²) in [5.41, 5.74) is 1.36. The Morgan fingerprint density at radius 1 is 1.17 bits per heavy atom. The Bertz CT molecular complexity index is 368. The molecule has 0 aliphatic carbocycles. The summed E-state index contributed by atoms with van der Waals surface area (Å²) in [6, 6.07) is 11.3. The van der Waals surface area contributed by atoms with E-state index in [9.17, 15) is 0 Å². The molecule has 0 amide bonds. The van der Waals surface area contributed by atoms with E-state index in [1.54, 1.807) is 0 Å². The SMILES string of the molecule is c1ccc(CC2CCOC3(CCNCC3)N2)cc1. The molecule has 98 valence electrons. The summed E-state index contributed by atoms with van der Waals surface area (Å²) in [5, 5.41) is 7.16. The van der Waals surface area contributed by atoms with Gasteiger partial charge < -0.3 is 10.1 Å². The standard InChI is InChI=1S/C15H22N2O/c1-2-4-13(5-3-1)12-14-6-11-18-15(17-14)7-9-16-10-8-15/h1-5,14,16-17H,6-12H2. The number of hydrogen-bond donors (Lipinski definition) is 2. The number of rotatable bonds is 2. The molecule has 1 unspecified atom stereocenters. The van der Waals surface area contributed by atoms with Crippen molar-refractivity contribution in [3.05, 3.63) is 35.9 Å². The lowest BCUT2D eigenvalue weighted by atomic mass is 9.94. The van der Waals surface area contributed by atoms with Gasteiger partial charge >= 0.3 is 0 Å². The Kier molecular flexibility index (Phi) is 3.64. The van der Waals surface area contributed by atoms with Crippen molar-refractivity contribution in [3.63, 3.8) is 0 Å². The maximum Gasteiger partial charge on any atom is 0.121 e. The maximum atomic E-state index is 6.02. The third-order valence-electron chi connectivity index (χ3n) is 4.05. The van der Waals surface area contributed by atoms with Crippen molar-refractivity contribution in [3.8, 4) is 0 Å². The Hall–Kier alpha value is -0.900. The van der Waals surface area contributed by atoms with Gasteiger partial charge in [-0.05, 0) is 31.5 Å². The van der Waals surface area contributed by atoms with E-state index in [0.29, 0.717) is 6.04 Å². The number of piperidine rings is 1. The molecule has 2 fully saturated rings. The summed E-state index contributed by atoms with van der Waals surface area (Å²) in [5.74, 6) is 0. The molecule has 3 rings (SSSR count). The predicted octanol–water partition coefficient (Wildman–Crippen LogP) is 1.69. The first-order chi connectivity index (χ1) is 8.86. The first kappa shape index (κ1) is 12.2. The van der Waals surface area contributed by atoms with Crippen molar-refractivity contribution in [1.82, 2.24) is 10.6 Å². The van der Waals surface area contributed by atoms with E-state index < -0.39 is 0 Å². The van der Waals surface area contributed by atoms with Crippen LogP contribution in [0.4, 0.5) is 0 Å². The van der Waals surface area contributed by atoms with E-state index in [4.69, 9.17) is 4.74 Å². The highest BCUT2D eigenvalue weighted by Crippen LogP contribution is 2.26. The lowest BCUT2D eigenvalue weighted by Crippen LogP contribution is -2.61. The molecule has 3 heteroatoms. The molecule has 3 nitrogen and oxygen atoms in total. The molecule has 1 spiro atoms. The minimum atomic E-state index is -0.0526. The molecule has 2 aliphatic heterocycles. The first-order valence-corrected chi connectivity index (χ1v) is 7.03. The van der Waals surface area contributed by atoms with Crippen molar-refractivity contribution in [2.24, 2.45) is 0 Å². The van der Waals surface area contributed by atoms with Crippen LogP contribution in [0.5, 0.6) is 0 Å². The lowest BCUT2D eigenvalue weighted by Gasteiger charge is -2.45. The molecule has 2 N–H and O–H groups in total. The van der Waals surface area contributed by atoms with Gasteiger partial charge in [0.2, 0.25) is 0 Å². The Morgan fingerprint density at radius 3 is 2.72 bits per heavy atom. The van der Waals surface area contributed by atoms with Crippen molar-refractivity contribution in [2.45, 2.75) is 37.5 Å². The molecule has 1 atom stereocenters. The van der Waals surface area contributed by atoms with Crippen LogP contribution in [0.3, 0.4) is 0 Å². The van der Waals surface area contributed by atoms with Crippen LogP contribution in [0.2, 0.25) is 0 Å². The van der Waals surface area contributed by atoms with Gasteiger partial charge in [-0.1, -0.05) is 30.3 Å². The monoisotopic (exact) mass is 246 g/mol. The molecule has 0 radical (unpaired) electrons. The first-order valence-electron chi connectivity index (χ1n) is 7.03. The second kappa shape index (κ2) is 5.39. The van der Waals surface area contributed by atoms with Crippen molar-refractivity contribution in [2.75, 3.05) is 19.7 Å². The van der Waals surface area contributed by atoms with Crippen LogP contribution in [-0.2, 0) is 11.2 Å². The van der Waals surface area contributed by atoms with Gasteiger partial charge in [0.1, 0.15) is 5.72 Å². The average molecular weight is 246 g/mol. The largest absolute Gasteiger partial charge is 0.360 e. The number of nitrogens with one attached hydrogen (secondary N) is 2. The maximum absolute atomic E-state index is 6.02. The van der Waals surface area contributed by atoms with E-state index in [2.05, 4.69) is 41.0 Å². The fraction of sp³-hybridized carbons (Fsp3) is 0.600. The second-order valence-corrected chi connectivity index (χ2v) is 5.41. The molecular weight excluding hydrogens is 224 g/mol. The fourth-order valence-electron chi connectivity index (χ4n) is 3.05. The molecule has 0 bridgehead atoms. The highest BCUT2D eigenvalue weighted by Gasteiger charge is 2.37. The van der Waals surface area contributed by atoms with Crippen LogP contribution in [-0.4, -0.2) is 31.5 Å². The van der Waals surface area contributed by atoms with E-state index >= 15 is 0 Å². The highest BCUT2D eigenvalue weighted by atomic mass is 16.5. The summed E-state index contributed by atoms with van der Waals surface area (Å²) in [4.78, 5) is 0. The van der Waals surface area contributed by atoms with E-state index in [1.165, 1.54) is 5.56 Å². The number of benzene rings is 1. The minimum Gasteiger partial charge on any atom is -0.360 e. The number of ether oxygens (including phenoxy) is 1. The molecular formula is C15H22N2O. The molecule has 0 aromatic heterocycles. The molecule has 0 saturated carbocycles. The van der Waals surface area contributed by atoms with Crippen LogP contribution in [0.1, 0.15) is 24.8 Å². The predicted molar refractivity (Wildman–Crippen MR) is 72.5 cm³/mol.